The second kappa shape index (κ2) is 2.84. The normalized spacial score (nSPS) is 32.1. The molecule has 1 heterocycles. The lowest BCUT2D eigenvalue weighted by Crippen LogP contribution is -2.30. The van der Waals surface area contributed by atoms with E-state index in [2.05, 4.69) is 20.8 Å². The van der Waals surface area contributed by atoms with Crippen LogP contribution in [0.3, 0.4) is 0 Å². The Hall–Kier alpha value is -0.530. The molecule has 0 bridgehead atoms. The fraction of sp³-hybridized carbons (Fsp3) is 0.889. The standard InChI is InChI=1S/C9H17NO/c1-6(2)8-5-9(11)10(4)7(8)3/h6-8H,5H2,1-4H3. The highest BCUT2D eigenvalue weighted by atomic mass is 16.2. The van der Waals surface area contributed by atoms with E-state index in [1.165, 1.54) is 0 Å². The number of hydrogen-bond donors (Lipinski definition) is 0. The van der Waals surface area contributed by atoms with E-state index >= 15 is 0 Å². The minimum atomic E-state index is 0.302. The molecule has 0 aliphatic carbocycles. The Labute approximate surface area is 68.6 Å². The number of hydrogen-bond acceptors (Lipinski definition) is 1. The summed E-state index contributed by atoms with van der Waals surface area (Å²) in [5, 5.41) is 0. The Morgan fingerprint density at radius 1 is 1.55 bits per heavy atom. The minimum absolute atomic E-state index is 0.302. The van der Waals surface area contributed by atoms with E-state index in [4.69, 9.17) is 0 Å². The van der Waals surface area contributed by atoms with Gasteiger partial charge in [0, 0.05) is 19.5 Å². The first-order chi connectivity index (χ1) is 5.04. The van der Waals surface area contributed by atoms with Gasteiger partial charge >= 0.3 is 0 Å². The van der Waals surface area contributed by atoms with Gasteiger partial charge in [0.1, 0.15) is 0 Å². The molecular formula is C9H17NO. The first kappa shape index (κ1) is 8.57. The monoisotopic (exact) mass is 155 g/mol. The van der Waals surface area contributed by atoms with Crippen molar-refractivity contribution in [2.75, 3.05) is 7.05 Å². The lowest BCUT2D eigenvalue weighted by atomic mass is 9.90. The van der Waals surface area contributed by atoms with E-state index in [0.717, 1.165) is 6.42 Å². The predicted molar refractivity (Wildman–Crippen MR) is 45.2 cm³/mol. The number of carbonyl (C=O) groups excluding carboxylic acids is 1. The summed E-state index contributed by atoms with van der Waals surface area (Å²) in [6.45, 7) is 6.51. The first-order valence-corrected chi connectivity index (χ1v) is 4.29. The van der Waals surface area contributed by atoms with Gasteiger partial charge in [0.05, 0.1) is 0 Å². The van der Waals surface area contributed by atoms with Crippen LogP contribution in [0.1, 0.15) is 27.2 Å². The third kappa shape index (κ3) is 1.39. The van der Waals surface area contributed by atoms with Gasteiger partial charge in [-0.15, -0.1) is 0 Å². The summed E-state index contributed by atoms with van der Waals surface area (Å²) in [6, 6.07) is 0.433. The molecule has 0 saturated carbocycles. The molecule has 1 saturated heterocycles. The molecule has 64 valence electrons. The fourth-order valence-corrected chi connectivity index (χ4v) is 1.82. The third-order valence-electron chi connectivity index (χ3n) is 2.89. The Balaban J connectivity index is 2.67. The molecule has 1 rings (SSSR count). The quantitative estimate of drug-likeness (QED) is 0.562. The molecule has 2 nitrogen and oxygen atoms in total. The minimum Gasteiger partial charge on any atom is -0.343 e. The summed E-state index contributed by atoms with van der Waals surface area (Å²) < 4.78 is 0. The molecule has 11 heavy (non-hydrogen) atoms. The van der Waals surface area contributed by atoms with Crippen LogP contribution in [-0.2, 0) is 4.79 Å². The molecule has 0 aromatic carbocycles. The van der Waals surface area contributed by atoms with Gasteiger partial charge in [0.2, 0.25) is 5.91 Å². The Kier molecular flexibility index (Phi) is 2.21. The van der Waals surface area contributed by atoms with Crippen molar-refractivity contribution >= 4 is 5.91 Å². The van der Waals surface area contributed by atoms with E-state index in [1.54, 1.807) is 0 Å². The van der Waals surface area contributed by atoms with Crippen LogP contribution in [0.25, 0.3) is 0 Å². The SMILES string of the molecule is CC(C)C1CC(=O)N(C)C1C. The number of nitrogens with zero attached hydrogens (tertiary/aromatic N) is 1. The Bertz CT molecular complexity index is 165. The van der Waals surface area contributed by atoms with Crippen molar-refractivity contribution in [1.29, 1.82) is 0 Å². The largest absolute Gasteiger partial charge is 0.343 e. The van der Waals surface area contributed by atoms with Crippen LogP contribution in [0.15, 0.2) is 0 Å². The van der Waals surface area contributed by atoms with Crippen molar-refractivity contribution in [3.63, 3.8) is 0 Å². The second-order valence-corrected chi connectivity index (χ2v) is 3.86. The third-order valence-corrected chi connectivity index (χ3v) is 2.89. The second-order valence-electron chi connectivity index (χ2n) is 3.86. The van der Waals surface area contributed by atoms with E-state index in [0.29, 0.717) is 23.8 Å². The molecule has 2 heteroatoms. The molecule has 0 N–H and O–H groups in total. The van der Waals surface area contributed by atoms with Crippen LogP contribution in [0.5, 0.6) is 0 Å². The maximum atomic E-state index is 11.2. The predicted octanol–water partition coefficient (Wildman–Crippen LogP) is 1.51. The molecule has 2 atom stereocenters. The highest BCUT2D eigenvalue weighted by molar-refractivity contribution is 5.78. The van der Waals surface area contributed by atoms with Gasteiger partial charge in [-0.05, 0) is 18.8 Å². The number of likely N-dealkylation sites (tertiary alicyclic amines) is 1. The molecule has 0 spiro atoms. The summed E-state index contributed by atoms with van der Waals surface area (Å²) >= 11 is 0. The van der Waals surface area contributed by atoms with E-state index in [9.17, 15) is 4.79 Å². The smallest absolute Gasteiger partial charge is 0.222 e. The average Bonchev–Trinajstić information content (AvgIpc) is 2.17. The maximum Gasteiger partial charge on any atom is 0.222 e. The molecule has 1 aliphatic heterocycles. The van der Waals surface area contributed by atoms with Crippen molar-refractivity contribution in [3.05, 3.63) is 0 Å². The summed E-state index contributed by atoms with van der Waals surface area (Å²) in [7, 11) is 1.90. The topological polar surface area (TPSA) is 20.3 Å². The first-order valence-electron chi connectivity index (χ1n) is 4.29. The lowest BCUT2D eigenvalue weighted by molar-refractivity contribution is -0.127. The van der Waals surface area contributed by atoms with Gasteiger partial charge < -0.3 is 4.90 Å². The van der Waals surface area contributed by atoms with Gasteiger partial charge in [-0.3, -0.25) is 4.79 Å². The highest BCUT2D eigenvalue weighted by Gasteiger charge is 2.35. The molecule has 0 aromatic heterocycles. The van der Waals surface area contributed by atoms with Crippen LogP contribution >= 0.6 is 0 Å². The van der Waals surface area contributed by atoms with Gasteiger partial charge in [0.25, 0.3) is 0 Å². The van der Waals surface area contributed by atoms with Crippen LogP contribution in [0, 0.1) is 11.8 Å². The molecular weight excluding hydrogens is 138 g/mol. The summed E-state index contributed by atoms with van der Waals surface area (Å²) in [6.07, 6.45) is 0.745. The number of amides is 1. The van der Waals surface area contributed by atoms with Crippen molar-refractivity contribution in [3.8, 4) is 0 Å². The molecule has 1 aliphatic rings. The van der Waals surface area contributed by atoms with Crippen LogP contribution in [0.2, 0.25) is 0 Å². The number of rotatable bonds is 1. The summed E-state index contributed by atoms with van der Waals surface area (Å²) in [4.78, 5) is 13.1. The van der Waals surface area contributed by atoms with Crippen LogP contribution < -0.4 is 0 Å². The highest BCUT2D eigenvalue weighted by Crippen LogP contribution is 2.29. The van der Waals surface area contributed by atoms with Gasteiger partial charge in [0.15, 0.2) is 0 Å². The van der Waals surface area contributed by atoms with Crippen molar-refractivity contribution in [2.24, 2.45) is 11.8 Å². The van der Waals surface area contributed by atoms with Gasteiger partial charge in [-0.25, -0.2) is 0 Å². The molecule has 1 amide bonds. The molecule has 1 fully saturated rings. The van der Waals surface area contributed by atoms with E-state index < -0.39 is 0 Å². The van der Waals surface area contributed by atoms with E-state index in [1.807, 2.05) is 11.9 Å². The number of carbonyl (C=O) groups is 1. The zero-order valence-corrected chi connectivity index (χ0v) is 7.79. The van der Waals surface area contributed by atoms with E-state index in [-0.39, 0.29) is 0 Å². The maximum absolute atomic E-state index is 11.2. The fourth-order valence-electron chi connectivity index (χ4n) is 1.82. The average molecular weight is 155 g/mol. The lowest BCUT2D eigenvalue weighted by Gasteiger charge is -2.22. The van der Waals surface area contributed by atoms with Crippen molar-refractivity contribution in [2.45, 2.75) is 33.2 Å². The Morgan fingerprint density at radius 2 is 2.09 bits per heavy atom. The zero-order chi connectivity index (χ0) is 8.59. The van der Waals surface area contributed by atoms with Gasteiger partial charge in [-0.2, -0.15) is 0 Å². The molecule has 2 unspecified atom stereocenters. The molecule has 0 radical (unpaired) electrons. The van der Waals surface area contributed by atoms with Gasteiger partial charge in [-0.1, -0.05) is 13.8 Å². The van der Waals surface area contributed by atoms with Crippen molar-refractivity contribution in [1.82, 2.24) is 4.90 Å². The Morgan fingerprint density at radius 3 is 2.27 bits per heavy atom. The summed E-state index contributed by atoms with van der Waals surface area (Å²) in [5.41, 5.74) is 0. The molecule has 0 aromatic rings. The van der Waals surface area contributed by atoms with Crippen LogP contribution in [-0.4, -0.2) is 23.9 Å². The summed E-state index contributed by atoms with van der Waals surface area (Å²) in [5.74, 6) is 1.49. The van der Waals surface area contributed by atoms with Crippen molar-refractivity contribution < 1.29 is 4.79 Å². The van der Waals surface area contributed by atoms with Crippen LogP contribution in [0.4, 0.5) is 0 Å². The zero-order valence-electron chi connectivity index (χ0n) is 7.79.